The lowest BCUT2D eigenvalue weighted by Gasteiger charge is -2.19. The number of hydrazone groups is 1. The molecule has 1 aliphatic heterocycles. The van der Waals surface area contributed by atoms with E-state index in [0.717, 1.165) is 0 Å². The maximum Gasteiger partial charge on any atom is 0.459 e. The Morgan fingerprint density at radius 1 is 1.12 bits per heavy atom. The Balaban J connectivity index is 1.85. The Labute approximate surface area is 145 Å². The summed E-state index contributed by atoms with van der Waals surface area (Å²) in [6.07, 6.45) is -4.66. The van der Waals surface area contributed by atoms with E-state index in [2.05, 4.69) is 15.5 Å². The van der Waals surface area contributed by atoms with Gasteiger partial charge in [-0.2, -0.15) is 27.1 Å². The normalized spacial score (nSPS) is 17.6. The summed E-state index contributed by atoms with van der Waals surface area (Å²) in [5.41, 5.74) is 3.06. The molecule has 1 unspecified atom stereocenters. The van der Waals surface area contributed by atoms with E-state index < -0.39 is 30.3 Å². The largest absolute Gasteiger partial charge is 0.481 e. The van der Waals surface area contributed by atoms with E-state index in [1.807, 2.05) is 0 Å². The molecule has 1 aliphatic rings. The van der Waals surface area contributed by atoms with Crippen LogP contribution in [0.3, 0.4) is 0 Å². The van der Waals surface area contributed by atoms with E-state index in [0.29, 0.717) is 22.6 Å². The van der Waals surface area contributed by atoms with Crippen LogP contribution in [0.1, 0.15) is 18.0 Å². The number of methoxy groups -OCH3 is 1. The zero-order chi connectivity index (χ0) is 18.9. The summed E-state index contributed by atoms with van der Waals surface area (Å²) in [6.45, 7) is 0. The molecule has 1 aromatic heterocycles. The summed E-state index contributed by atoms with van der Waals surface area (Å²) in [6, 6.07) is 9.47. The molecule has 1 N–H and O–H groups in total. The van der Waals surface area contributed by atoms with E-state index in [4.69, 9.17) is 4.74 Å². The van der Waals surface area contributed by atoms with E-state index >= 15 is 0 Å². The standard InChI is InChI=1S/C17H14F5N3O/c1-26-15-12(6-3-7-23-15)10-4-2-5-11(8-10)13-9-14(25-24-13)16(18,19)17(20,21)22/h2-8,13,24H,9H2,1H3. The van der Waals surface area contributed by atoms with Crippen LogP contribution in [0.25, 0.3) is 11.1 Å². The molecule has 1 atom stereocenters. The Morgan fingerprint density at radius 3 is 2.58 bits per heavy atom. The van der Waals surface area contributed by atoms with Crippen molar-refractivity contribution >= 4 is 5.71 Å². The number of aromatic nitrogens is 1. The molecule has 0 fully saturated rings. The SMILES string of the molecule is COc1ncccc1-c1cccc(C2CC(C(F)(F)C(F)(F)F)=NN2)c1. The number of pyridine rings is 1. The second-order valence-corrected chi connectivity index (χ2v) is 5.70. The van der Waals surface area contributed by atoms with Crippen LogP contribution >= 0.6 is 0 Å². The summed E-state index contributed by atoms with van der Waals surface area (Å²) in [5.74, 6) is -4.58. The van der Waals surface area contributed by atoms with Gasteiger partial charge in [0.2, 0.25) is 5.88 Å². The molecule has 2 aromatic rings. The third-order valence-corrected chi connectivity index (χ3v) is 4.04. The molecule has 3 rings (SSSR count). The highest BCUT2D eigenvalue weighted by Gasteiger charge is 2.62. The lowest BCUT2D eigenvalue weighted by molar-refractivity contribution is -0.249. The van der Waals surface area contributed by atoms with Gasteiger partial charge in [0, 0.05) is 18.2 Å². The van der Waals surface area contributed by atoms with Crippen molar-refractivity contribution in [1.82, 2.24) is 10.4 Å². The number of nitrogens with one attached hydrogen (secondary N) is 1. The van der Waals surface area contributed by atoms with Gasteiger partial charge in [-0.1, -0.05) is 18.2 Å². The summed E-state index contributed by atoms with van der Waals surface area (Å²) in [5, 5.41) is 3.23. The van der Waals surface area contributed by atoms with Gasteiger partial charge in [-0.3, -0.25) is 0 Å². The summed E-state index contributed by atoms with van der Waals surface area (Å²) in [7, 11) is 1.47. The molecule has 26 heavy (non-hydrogen) atoms. The number of alkyl halides is 5. The van der Waals surface area contributed by atoms with Gasteiger partial charge in [0.05, 0.1) is 13.2 Å². The van der Waals surface area contributed by atoms with Gasteiger partial charge in [0.15, 0.2) is 0 Å². The van der Waals surface area contributed by atoms with Gasteiger partial charge < -0.3 is 10.2 Å². The van der Waals surface area contributed by atoms with Crippen LogP contribution in [-0.4, -0.2) is 29.9 Å². The number of ether oxygens (including phenoxy) is 1. The number of halogens is 5. The highest BCUT2D eigenvalue weighted by molar-refractivity contribution is 5.93. The van der Waals surface area contributed by atoms with Crippen molar-refractivity contribution in [3.05, 3.63) is 48.2 Å². The van der Waals surface area contributed by atoms with Gasteiger partial charge in [0.1, 0.15) is 5.71 Å². The lowest BCUT2D eigenvalue weighted by atomic mass is 9.96. The summed E-state index contributed by atoms with van der Waals surface area (Å²) in [4.78, 5) is 4.09. The van der Waals surface area contributed by atoms with Gasteiger partial charge in [-0.15, -0.1) is 0 Å². The van der Waals surface area contributed by atoms with Crippen molar-refractivity contribution in [2.75, 3.05) is 7.11 Å². The van der Waals surface area contributed by atoms with Gasteiger partial charge in [0.25, 0.3) is 0 Å². The average molecular weight is 371 g/mol. The number of nitrogens with zero attached hydrogens (tertiary/aromatic N) is 2. The minimum absolute atomic E-state index is 0.379. The number of benzene rings is 1. The Morgan fingerprint density at radius 2 is 1.88 bits per heavy atom. The minimum atomic E-state index is -5.67. The van der Waals surface area contributed by atoms with Crippen molar-refractivity contribution in [2.24, 2.45) is 5.10 Å². The van der Waals surface area contributed by atoms with Crippen molar-refractivity contribution in [3.8, 4) is 17.0 Å². The Kier molecular flexibility index (Phi) is 4.55. The maximum absolute atomic E-state index is 13.4. The van der Waals surface area contributed by atoms with Gasteiger partial charge in [-0.05, 0) is 29.3 Å². The van der Waals surface area contributed by atoms with Crippen molar-refractivity contribution < 1.29 is 26.7 Å². The first kappa shape index (κ1) is 18.1. The third-order valence-electron chi connectivity index (χ3n) is 4.04. The maximum atomic E-state index is 13.4. The zero-order valence-electron chi connectivity index (χ0n) is 13.5. The molecule has 0 bridgehead atoms. The Hall–Kier alpha value is -2.71. The minimum Gasteiger partial charge on any atom is -0.481 e. The van der Waals surface area contributed by atoms with Crippen LogP contribution in [0.2, 0.25) is 0 Å². The molecular weight excluding hydrogens is 357 g/mol. The van der Waals surface area contributed by atoms with E-state index in [-0.39, 0.29) is 0 Å². The highest BCUT2D eigenvalue weighted by atomic mass is 19.4. The molecule has 138 valence electrons. The van der Waals surface area contributed by atoms with Gasteiger partial charge in [-0.25, -0.2) is 4.98 Å². The second-order valence-electron chi connectivity index (χ2n) is 5.70. The van der Waals surface area contributed by atoms with Crippen LogP contribution in [0.4, 0.5) is 22.0 Å². The summed E-state index contributed by atoms with van der Waals surface area (Å²) >= 11 is 0. The summed E-state index contributed by atoms with van der Waals surface area (Å²) < 4.78 is 69.6. The molecular formula is C17H14F5N3O. The average Bonchev–Trinajstić information content (AvgIpc) is 3.12. The smallest absolute Gasteiger partial charge is 0.459 e. The molecule has 0 radical (unpaired) electrons. The molecule has 0 saturated heterocycles. The number of hydrogen-bond donors (Lipinski definition) is 1. The molecule has 4 nitrogen and oxygen atoms in total. The van der Waals surface area contributed by atoms with E-state index in [1.54, 1.807) is 42.6 Å². The fourth-order valence-electron chi connectivity index (χ4n) is 2.69. The molecule has 0 aliphatic carbocycles. The van der Waals surface area contributed by atoms with Crippen LogP contribution in [0, 0.1) is 0 Å². The van der Waals surface area contributed by atoms with Crippen LogP contribution in [0.15, 0.2) is 47.7 Å². The molecule has 9 heteroatoms. The fraction of sp³-hybridized carbons (Fsp3) is 0.294. The predicted molar refractivity (Wildman–Crippen MR) is 85.2 cm³/mol. The quantitative estimate of drug-likeness (QED) is 0.813. The van der Waals surface area contributed by atoms with E-state index in [9.17, 15) is 22.0 Å². The van der Waals surface area contributed by atoms with Crippen LogP contribution < -0.4 is 10.2 Å². The van der Waals surface area contributed by atoms with Crippen molar-refractivity contribution in [1.29, 1.82) is 0 Å². The molecule has 0 amide bonds. The van der Waals surface area contributed by atoms with E-state index in [1.165, 1.54) is 7.11 Å². The number of rotatable bonds is 4. The predicted octanol–water partition coefficient (Wildman–Crippen LogP) is 4.35. The highest BCUT2D eigenvalue weighted by Crippen LogP contribution is 2.41. The first-order chi connectivity index (χ1) is 12.2. The van der Waals surface area contributed by atoms with Crippen molar-refractivity contribution in [3.63, 3.8) is 0 Å². The fourth-order valence-corrected chi connectivity index (χ4v) is 2.69. The molecule has 0 saturated carbocycles. The van der Waals surface area contributed by atoms with Crippen LogP contribution in [-0.2, 0) is 0 Å². The molecule has 0 spiro atoms. The monoisotopic (exact) mass is 371 g/mol. The third kappa shape index (κ3) is 3.21. The second kappa shape index (κ2) is 6.54. The van der Waals surface area contributed by atoms with Crippen molar-refractivity contribution in [2.45, 2.75) is 24.6 Å². The van der Waals surface area contributed by atoms with Gasteiger partial charge >= 0.3 is 12.1 Å². The Bertz CT molecular complexity index is 835. The molecule has 2 heterocycles. The first-order valence-electron chi connectivity index (χ1n) is 7.60. The van der Waals surface area contributed by atoms with Crippen LogP contribution in [0.5, 0.6) is 5.88 Å². The first-order valence-corrected chi connectivity index (χ1v) is 7.60. The zero-order valence-corrected chi connectivity index (χ0v) is 13.5. The lowest BCUT2D eigenvalue weighted by Crippen LogP contribution is -2.43. The topological polar surface area (TPSA) is 46.5 Å². The number of hydrogen-bond acceptors (Lipinski definition) is 4. The molecule has 1 aromatic carbocycles.